The Labute approximate surface area is 107 Å². The molecule has 2 heterocycles. The van der Waals surface area contributed by atoms with E-state index >= 15 is 0 Å². The first kappa shape index (κ1) is 12.2. The number of halogens is 1. The fraction of sp³-hybridized carbons (Fsp3) is 0.455. The summed E-state index contributed by atoms with van der Waals surface area (Å²) >= 11 is 3.18. The molecule has 2 rings (SSSR count). The molecule has 6 heteroatoms. The Balaban J connectivity index is 2.03. The highest BCUT2D eigenvalue weighted by Crippen LogP contribution is 2.21. The predicted molar refractivity (Wildman–Crippen MR) is 62.2 cm³/mol. The molecule has 0 bridgehead atoms. The SMILES string of the molecule is O=C(O)C1CCC(=O)N(Cc2ccc(Br)o2)C1. The Hall–Kier alpha value is -1.30. The summed E-state index contributed by atoms with van der Waals surface area (Å²) in [4.78, 5) is 24.1. The average molecular weight is 302 g/mol. The fourth-order valence-corrected chi connectivity index (χ4v) is 2.23. The molecule has 0 spiro atoms. The van der Waals surface area contributed by atoms with Gasteiger partial charge in [-0.25, -0.2) is 0 Å². The second-order valence-corrected chi connectivity index (χ2v) is 4.84. The zero-order valence-corrected chi connectivity index (χ0v) is 10.6. The maximum atomic E-state index is 11.7. The molecule has 1 aliphatic rings. The number of likely N-dealkylation sites (tertiary alicyclic amines) is 1. The standard InChI is InChI=1S/C11H12BrNO4/c12-9-3-2-8(17-9)6-13-5-7(11(15)16)1-4-10(13)14/h2-3,7H,1,4-6H2,(H,15,16). The highest BCUT2D eigenvalue weighted by Gasteiger charge is 2.30. The molecule has 0 aromatic carbocycles. The van der Waals surface area contributed by atoms with Crippen molar-refractivity contribution in [1.82, 2.24) is 4.90 Å². The summed E-state index contributed by atoms with van der Waals surface area (Å²) in [6.07, 6.45) is 0.714. The van der Waals surface area contributed by atoms with E-state index in [2.05, 4.69) is 15.9 Å². The van der Waals surface area contributed by atoms with Gasteiger partial charge in [0.1, 0.15) is 5.76 Å². The highest BCUT2D eigenvalue weighted by atomic mass is 79.9. The normalized spacial score (nSPS) is 20.6. The molecule has 92 valence electrons. The largest absolute Gasteiger partial charge is 0.481 e. The molecule has 1 amide bonds. The number of aliphatic carboxylic acids is 1. The van der Waals surface area contributed by atoms with Gasteiger partial charge in [0, 0.05) is 13.0 Å². The highest BCUT2D eigenvalue weighted by molar-refractivity contribution is 9.10. The van der Waals surface area contributed by atoms with Crippen molar-refractivity contribution in [1.29, 1.82) is 0 Å². The van der Waals surface area contributed by atoms with Crippen LogP contribution in [0.5, 0.6) is 0 Å². The predicted octanol–water partition coefficient (Wildman–Crippen LogP) is 1.87. The number of carbonyl (C=O) groups is 2. The topological polar surface area (TPSA) is 70.8 Å². The van der Waals surface area contributed by atoms with Gasteiger partial charge in [0.15, 0.2) is 4.67 Å². The Morgan fingerprint density at radius 2 is 2.35 bits per heavy atom. The van der Waals surface area contributed by atoms with E-state index < -0.39 is 11.9 Å². The van der Waals surface area contributed by atoms with Gasteiger partial charge in [0.2, 0.25) is 5.91 Å². The van der Waals surface area contributed by atoms with Crippen LogP contribution in [0.2, 0.25) is 0 Å². The Bertz CT molecular complexity index is 442. The number of carboxylic acid groups (broad SMARTS) is 1. The smallest absolute Gasteiger partial charge is 0.308 e. The van der Waals surface area contributed by atoms with Crippen molar-refractivity contribution in [2.75, 3.05) is 6.54 Å². The maximum absolute atomic E-state index is 11.7. The first-order chi connectivity index (χ1) is 8.06. The summed E-state index contributed by atoms with van der Waals surface area (Å²) in [6, 6.07) is 3.51. The number of carboxylic acids is 1. The van der Waals surface area contributed by atoms with Gasteiger partial charge in [-0.15, -0.1) is 0 Å². The Morgan fingerprint density at radius 1 is 1.59 bits per heavy atom. The molecule has 17 heavy (non-hydrogen) atoms. The van der Waals surface area contributed by atoms with E-state index in [-0.39, 0.29) is 12.5 Å². The summed E-state index contributed by atoms with van der Waals surface area (Å²) in [5.74, 6) is -0.680. The lowest BCUT2D eigenvalue weighted by Gasteiger charge is -2.29. The van der Waals surface area contributed by atoms with Crippen molar-refractivity contribution < 1.29 is 19.1 Å². The quantitative estimate of drug-likeness (QED) is 0.925. The lowest BCUT2D eigenvalue weighted by atomic mass is 9.98. The van der Waals surface area contributed by atoms with Crippen LogP contribution >= 0.6 is 15.9 Å². The van der Waals surface area contributed by atoms with Crippen molar-refractivity contribution in [3.8, 4) is 0 Å². The van der Waals surface area contributed by atoms with Gasteiger partial charge in [-0.1, -0.05) is 0 Å². The third kappa shape index (κ3) is 2.88. The van der Waals surface area contributed by atoms with Gasteiger partial charge < -0.3 is 14.4 Å². The number of carbonyl (C=O) groups excluding carboxylic acids is 1. The number of hydrogen-bond donors (Lipinski definition) is 1. The second-order valence-electron chi connectivity index (χ2n) is 4.05. The van der Waals surface area contributed by atoms with Crippen LogP contribution in [0.25, 0.3) is 0 Å². The molecule has 1 aromatic heterocycles. The number of rotatable bonds is 3. The zero-order chi connectivity index (χ0) is 12.4. The summed E-state index contributed by atoms with van der Waals surface area (Å²) in [7, 11) is 0. The lowest BCUT2D eigenvalue weighted by molar-refractivity contribution is -0.147. The summed E-state index contributed by atoms with van der Waals surface area (Å²) in [6.45, 7) is 0.584. The maximum Gasteiger partial charge on any atom is 0.308 e. The van der Waals surface area contributed by atoms with Crippen molar-refractivity contribution in [2.24, 2.45) is 5.92 Å². The van der Waals surface area contributed by atoms with E-state index in [1.54, 1.807) is 12.1 Å². The van der Waals surface area contributed by atoms with Gasteiger partial charge in [0.25, 0.3) is 0 Å². The van der Waals surface area contributed by atoms with Crippen molar-refractivity contribution in [3.05, 3.63) is 22.6 Å². The number of nitrogens with zero attached hydrogens (tertiary/aromatic N) is 1. The third-order valence-electron chi connectivity index (χ3n) is 2.82. The van der Waals surface area contributed by atoms with Gasteiger partial charge in [-0.2, -0.15) is 0 Å². The van der Waals surface area contributed by atoms with Crippen LogP contribution in [0.3, 0.4) is 0 Å². The molecule has 0 radical (unpaired) electrons. The Morgan fingerprint density at radius 3 is 2.94 bits per heavy atom. The van der Waals surface area contributed by atoms with Crippen LogP contribution in [0.1, 0.15) is 18.6 Å². The third-order valence-corrected chi connectivity index (χ3v) is 3.25. The lowest BCUT2D eigenvalue weighted by Crippen LogP contribution is -2.41. The first-order valence-corrected chi connectivity index (χ1v) is 6.10. The zero-order valence-electron chi connectivity index (χ0n) is 9.06. The molecule has 0 saturated carbocycles. The molecular formula is C11H12BrNO4. The van der Waals surface area contributed by atoms with E-state index in [4.69, 9.17) is 9.52 Å². The second kappa shape index (κ2) is 4.91. The minimum Gasteiger partial charge on any atom is -0.481 e. The van der Waals surface area contributed by atoms with Crippen LogP contribution in [0.15, 0.2) is 21.2 Å². The van der Waals surface area contributed by atoms with Crippen LogP contribution in [-0.2, 0) is 16.1 Å². The molecule has 1 aromatic rings. The minimum absolute atomic E-state index is 0.0185. The van der Waals surface area contributed by atoms with Crippen LogP contribution in [0, 0.1) is 5.92 Å². The monoisotopic (exact) mass is 301 g/mol. The summed E-state index contributed by atoms with van der Waals surface area (Å²) < 4.78 is 5.91. The van der Waals surface area contributed by atoms with Crippen molar-refractivity contribution >= 4 is 27.8 Å². The van der Waals surface area contributed by atoms with Crippen LogP contribution in [-0.4, -0.2) is 28.4 Å². The van der Waals surface area contributed by atoms with Gasteiger partial charge >= 0.3 is 5.97 Å². The molecular weight excluding hydrogens is 290 g/mol. The molecule has 5 nitrogen and oxygen atoms in total. The van der Waals surface area contributed by atoms with Gasteiger partial charge in [-0.05, 0) is 34.5 Å². The van der Waals surface area contributed by atoms with E-state index in [0.29, 0.717) is 29.8 Å². The van der Waals surface area contributed by atoms with Crippen molar-refractivity contribution in [3.63, 3.8) is 0 Å². The Kier molecular flexibility index (Phi) is 3.51. The van der Waals surface area contributed by atoms with Gasteiger partial charge in [0.05, 0.1) is 12.5 Å². The van der Waals surface area contributed by atoms with E-state index in [9.17, 15) is 9.59 Å². The number of piperidine rings is 1. The van der Waals surface area contributed by atoms with E-state index in [1.807, 2.05) is 0 Å². The molecule has 1 aliphatic heterocycles. The molecule has 1 atom stereocenters. The molecule has 1 saturated heterocycles. The fourth-order valence-electron chi connectivity index (χ4n) is 1.89. The molecule has 1 fully saturated rings. The molecule has 1 N–H and O–H groups in total. The summed E-state index contributed by atoms with van der Waals surface area (Å²) in [5.41, 5.74) is 0. The number of furan rings is 1. The molecule has 0 aliphatic carbocycles. The van der Waals surface area contributed by atoms with Crippen LogP contribution in [0.4, 0.5) is 0 Å². The van der Waals surface area contributed by atoms with E-state index in [0.717, 1.165) is 0 Å². The van der Waals surface area contributed by atoms with Gasteiger partial charge in [-0.3, -0.25) is 9.59 Å². The minimum atomic E-state index is -0.844. The van der Waals surface area contributed by atoms with E-state index in [1.165, 1.54) is 4.90 Å². The average Bonchev–Trinajstić information content (AvgIpc) is 2.67. The summed E-state index contributed by atoms with van der Waals surface area (Å²) in [5, 5.41) is 8.94. The number of hydrogen-bond acceptors (Lipinski definition) is 3. The molecule has 1 unspecified atom stereocenters. The number of amides is 1. The van der Waals surface area contributed by atoms with Crippen LogP contribution < -0.4 is 0 Å². The first-order valence-electron chi connectivity index (χ1n) is 5.31. The van der Waals surface area contributed by atoms with Crippen molar-refractivity contribution in [2.45, 2.75) is 19.4 Å².